The number of rotatable bonds is 6. The average molecular weight is 510 g/mol. The summed E-state index contributed by atoms with van der Waals surface area (Å²) in [5.74, 6) is 3.77. The summed E-state index contributed by atoms with van der Waals surface area (Å²) in [6.45, 7) is 3.40. The van der Waals surface area contributed by atoms with E-state index < -0.39 is 0 Å². The molecule has 1 aliphatic carbocycles. The highest BCUT2D eigenvalue weighted by Gasteiger charge is 2.32. The standard InChI is InChI=1S/C27H28N2O4S2/c30-9-5-28(6-10-31)18-1-3-20-22(15-18)33-23-16-19(32)2-4-21(23)26(20)17-13-24-27-25(14-17)35-12-8-29(27)7-11-34-24/h1-4,13-16,18,30-32H,5-12H2/p+1. The zero-order valence-corrected chi connectivity index (χ0v) is 21.0. The van der Waals surface area contributed by atoms with Crippen LogP contribution in [0.5, 0.6) is 11.5 Å². The molecule has 3 aliphatic heterocycles. The predicted octanol–water partition coefficient (Wildman–Crippen LogP) is 2.30. The molecule has 0 spiro atoms. The molecule has 0 bridgehead atoms. The van der Waals surface area contributed by atoms with Gasteiger partial charge in [0.2, 0.25) is 0 Å². The Bertz CT molecular complexity index is 1220. The van der Waals surface area contributed by atoms with Crippen molar-refractivity contribution in [2.24, 2.45) is 0 Å². The van der Waals surface area contributed by atoms with E-state index in [1.807, 2.05) is 29.6 Å². The second kappa shape index (κ2) is 9.59. The molecule has 3 heterocycles. The van der Waals surface area contributed by atoms with Crippen molar-refractivity contribution in [1.82, 2.24) is 0 Å². The number of aliphatic hydroxyl groups excluding tert-OH is 2. The first kappa shape index (κ1) is 23.1. The number of quaternary nitrogens is 1. The van der Waals surface area contributed by atoms with E-state index in [1.165, 1.54) is 15.5 Å². The minimum absolute atomic E-state index is 0.0162. The highest BCUT2D eigenvalue weighted by molar-refractivity contribution is 8.00. The van der Waals surface area contributed by atoms with Gasteiger partial charge in [0.1, 0.15) is 36.4 Å². The first-order valence-corrected chi connectivity index (χ1v) is 14.0. The van der Waals surface area contributed by atoms with Crippen molar-refractivity contribution < 1.29 is 25.0 Å². The van der Waals surface area contributed by atoms with Crippen LogP contribution in [0, 0.1) is 0 Å². The Hall–Kier alpha value is -2.36. The van der Waals surface area contributed by atoms with Crippen LogP contribution in [0.15, 0.2) is 69.7 Å². The lowest BCUT2D eigenvalue weighted by molar-refractivity contribution is -0.912. The van der Waals surface area contributed by atoms with Gasteiger partial charge in [-0.2, -0.15) is 0 Å². The zero-order valence-electron chi connectivity index (χ0n) is 19.4. The number of phenolic OH excluding ortho intramolecular Hbond substituents is 1. The first-order valence-electron chi connectivity index (χ1n) is 12.1. The number of ether oxygens (including phenoxy) is 1. The summed E-state index contributed by atoms with van der Waals surface area (Å²) in [6.07, 6.45) is 6.34. The predicted molar refractivity (Wildman–Crippen MR) is 141 cm³/mol. The molecule has 2 aromatic carbocycles. The minimum atomic E-state index is -0.0162. The van der Waals surface area contributed by atoms with Crippen LogP contribution in [-0.4, -0.2) is 72.3 Å². The number of aromatic hydroxyl groups is 1. The van der Waals surface area contributed by atoms with Gasteiger partial charge in [-0.3, -0.25) is 0 Å². The quantitative estimate of drug-likeness (QED) is 0.476. The van der Waals surface area contributed by atoms with Crippen LogP contribution in [0.25, 0.3) is 5.57 Å². The van der Waals surface area contributed by atoms with Crippen molar-refractivity contribution in [2.75, 3.05) is 55.8 Å². The van der Waals surface area contributed by atoms with Crippen LogP contribution in [-0.2, 0) is 0 Å². The van der Waals surface area contributed by atoms with Gasteiger partial charge in [-0.15, -0.1) is 23.5 Å². The molecule has 4 aliphatic rings. The Morgan fingerprint density at radius 1 is 1.00 bits per heavy atom. The molecule has 4 N–H and O–H groups in total. The van der Waals surface area contributed by atoms with Crippen LogP contribution in [0.1, 0.15) is 11.1 Å². The third-order valence-corrected chi connectivity index (χ3v) is 9.03. The van der Waals surface area contributed by atoms with Gasteiger partial charge >= 0.3 is 0 Å². The Balaban J connectivity index is 1.50. The molecule has 0 aromatic heterocycles. The monoisotopic (exact) mass is 509 g/mol. The maximum Gasteiger partial charge on any atom is 0.139 e. The summed E-state index contributed by atoms with van der Waals surface area (Å²) in [6, 6.07) is 9.96. The Kier molecular flexibility index (Phi) is 6.32. The van der Waals surface area contributed by atoms with Crippen LogP contribution >= 0.6 is 23.5 Å². The van der Waals surface area contributed by atoms with Gasteiger partial charge in [0.05, 0.1) is 18.9 Å². The number of nitrogens with one attached hydrogen (secondary N) is 1. The minimum Gasteiger partial charge on any atom is -0.508 e. The van der Waals surface area contributed by atoms with E-state index in [-0.39, 0.29) is 25.0 Å². The molecule has 35 heavy (non-hydrogen) atoms. The van der Waals surface area contributed by atoms with Crippen molar-refractivity contribution in [3.63, 3.8) is 0 Å². The molecule has 0 saturated heterocycles. The number of fused-ring (bicyclic) bond motifs is 2. The molecule has 0 fully saturated rings. The smallest absolute Gasteiger partial charge is 0.139 e. The fourth-order valence-corrected chi connectivity index (χ4v) is 7.69. The summed E-state index contributed by atoms with van der Waals surface area (Å²) >= 11 is 3.86. The molecule has 0 radical (unpaired) electrons. The second-order valence-corrected chi connectivity index (χ2v) is 11.4. The van der Waals surface area contributed by atoms with Crippen molar-refractivity contribution in [1.29, 1.82) is 0 Å². The van der Waals surface area contributed by atoms with Gasteiger partial charge in [0, 0.05) is 63.2 Å². The van der Waals surface area contributed by atoms with Gasteiger partial charge < -0.3 is 29.9 Å². The van der Waals surface area contributed by atoms with Crippen LogP contribution in [0.4, 0.5) is 5.69 Å². The van der Waals surface area contributed by atoms with E-state index in [4.69, 9.17) is 4.74 Å². The molecule has 2 aromatic rings. The van der Waals surface area contributed by atoms with Crippen LogP contribution in [0.2, 0.25) is 0 Å². The van der Waals surface area contributed by atoms with Crippen molar-refractivity contribution in [2.45, 2.75) is 15.8 Å². The number of allylic oxidation sites excluding steroid dienone is 1. The molecule has 8 heteroatoms. The van der Waals surface area contributed by atoms with Crippen molar-refractivity contribution in [3.05, 3.63) is 71.0 Å². The highest BCUT2D eigenvalue weighted by Crippen LogP contribution is 2.50. The fraction of sp³-hybridized carbons (Fsp3) is 0.333. The number of anilines is 1. The zero-order chi connectivity index (χ0) is 23.9. The third-order valence-electron chi connectivity index (χ3n) is 7.01. The van der Waals surface area contributed by atoms with E-state index in [0.29, 0.717) is 18.8 Å². The molecule has 182 valence electrons. The van der Waals surface area contributed by atoms with E-state index >= 15 is 0 Å². The summed E-state index contributed by atoms with van der Waals surface area (Å²) in [7, 11) is 0. The largest absolute Gasteiger partial charge is 0.508 e. The lowest BCUT2D eigenvalue weighted by atomic mass is 9.86. The average Bonchev–Trinajstić information content (AvgIpc) is 2.87. The third kappa shape index (κ3) is 4.17. The molecule has 6 nitrogen and oxygen atoms in total. The Morgan fingerprint density at radius 3 is 2.40 bits per heavy atom. The topological polar surface area (TPSA) is 77.6 Å². The molecule has 1 unspecified atom stereocenters. The highest BCUT2D eigenvalue weighted by atomic mass is 32.2. The van der Waals surface area contributed by atoms with E-state index in [9.17, 15) is 15.3 Å². The van der Waals surface area contributed by atoms with Crippen molar-refractivity contribution in [3.8, 4) is 11.5 Å². The van der Waals surface area contributed by atoms with Gasteiger partial charge in [-0.05, 0) is 42.0 Å². The van der Waals surface area contributed by atoms with Crippen LogP contribution in [0.3, 0.4) is 0 Å². The van der Waals surface area contributed by atoms with Gasteiger partial charge in [-0.25, -0.2) is 0 Å². The SMILES string of the molecule is OCC[NH+](CCO)C1C=CC2=C(c3cc4c5c(c3)SCCN5CCS4)c3ccc(O)cc3OC2=C1. The number of aliphatic hydroxyl groups is 2. The number of nitrogens with zero attached hydrogens (tertiary/aromatic N) is 1. The maximum atomic E-state index is 10.2. The molecule has 0 saturated carbocycles. The fourth-order valence-electron chi connectivity index (χ4n) is 5.39. The lowest BCUT2D eigenvalue weighted by Gasteiger charge is -2.37. The van der Waals surface area contributed by atoms with E-state index in [2.05, 4.69) is 35.3 Å². The Labute approximate surface area is 213 Å². The van der Waals surface area contributed by atoms with Gasteiger partial charge in [0.25, 0.3) is 0 Å². The number of benzene rings is 2. The number of hydrogen-bond donors (Lipinski definition) is 4. The molecular formula is C27H29N2O4S2+. The summed E-state index contributed by atoms with van der Waals surface area (Å²) < 4.78 is 6.34. The molecular weight excluding hydrogens is 480 g/mol. The summed E-state index contributed by atoms with van der Waals surface area (Å²) in [4.78, 5) is 6.27. The van der Waals surface area contributed by atoms with E-state index in [0.717, 1.165) is 57.5 Å². The van der Waals surface area contributed by atoms with Crippen LogP contribution < -0.4 is 14.5 Å². The summed E-state index contributed by atoms with van der Waals surface area (Å²) in [5, 5.41) is 29.2. The van der Waals surface area contributed by atoms with E-state index in [1.54, 1.807) is 12.1 Å². The number of phenols is 1. The van der Waals surface area contributed by atoms with Gasteiger partial charge in [0.15, 0.2) is 0 Å². The Morgan fingerprint density at radius 2 is 1.71 bits per heavy atom. The number of hydrogen-bond acceptors (Lipinski definition) is 7. The van der Waals surface area contributed by atoms with Crippen molar-refractivity contribution >= 4 is 34.8 Å². The molecule has 6 rings (SSSR count). The molecule has 0 amide bonds. The normalized spacial score (nSPS) is 20.3. The number of thioether (sulfide) groups is 2. The molecule has 1 atom stereocenters. The lowest BCUT2D eigenvalue weighted by Crippen LogP contribution is -3.16. The van der Waals surface area contributed by atoms with Gasteiger partial charge in [-0.1, -0.05) is 0 Å². The second-order valence-electron chi connectivity index (χ2n) is 9.10. The summed E-state index contributed by atoms with van der Waals surface area (Å²) in [5.41, 5.74) is 5.65. The first-order chi connectivity index (χ1) is 17.2. The maximum absolute atomic E-state index is 10.2.